The number of nitrogens with zero attached hydrogens (tertiary/aromatic N) is 2. The van der Waals surface area contributed by atoms with E-state index in [9.17, 15) is 14.4 Å². The maximum absolute atomic E-state index is 13.9. The van der Waals surface area contributed by atoms with Gasteiger partial charge in [0.1, 0.15) is 11.4 Å². The van der Waals surface area contributed by atoms with Crippen LogP contribution in [-0.2, 0) is 19.5 Å². The van der Waals surface area contributed by atoms with E-state index >= 15 is 0 Å². The van der Waals surface area contributed by atoms with Gasteiger partial charge in [-0.3, -0.25) is 18.7 Å². The molecule has 0 amide bonds. The molecule has 4 aliphatic carbocycles. The van der Waals surface area contributed by atoms with E-state index in [0.29, 0.717) is 11.8 Å². The highest BCUT2D eigenvalue weighted by Crippen LogP contribution is 2.66. The van der Waals surface area contributed by atoms with E-state index in [-0.39, 0.29) is 22.6 Å². The molecule has 0 radical (unpaired) electrons. The zero-order chi connectivity index (χ0) is 20.6. The quantitative estimate of drug-likeness (QED) is 0.811. The van der Waals surface area contributed by atoms with Crippen molar-refractivity contribution >= 4 is 11.6 Å². The molecular weight excluding hydrogens is 366 g/mol. The van der Waals surface area contributed by atoms with Crippen LogP contribution in [0.3, 0.4) is 0 Å². The number of carbonyl (C=O) groups is 1. The van der Waals surface area contributed by atoms with Crippen molar-refractivity contribution in [1.82, 2.24) is 9.13 Å². The average Bonchev–Trinajstić information content (AvgIpc) is 2.70. The third kappa shape index (κ3) is 2.44. The van der Waals surface area contributed by atoms with Gasteiger partial charge in [0.2, 0.25) is 0 Å². The highest BCUT2D eigenvalue weighted by Gasteiger charge is 2.61. The smallest absolute Gasteiger partial charge is 0.332 e. The number of nitrogen functional groups attached to an aromatic ring is 1. The standard InChI is InChI=1S/C23H27N3O3/c1-25-19(24)17(20(28)26(2)21(25)29)18(27)23-11-14-8-15(12-23)10-22(9-14,13-23)16-6-4-3-5-7-16/h3-7,14-15H,8-13,24H2,1-2H3/t14-,15+,22?,23?. The Morgan fingerprint density at radius 3 is 2.24 bits per heavy atom. The Bertz CT molecular complexity index is 1110. The minimum absolute atomic E-state index is 0.000221. The SMILES string of the molecule is Cn1c(N)c(C(=O)C23C[C@H]4C[C@@H](C2)CC(c2ccccc2)(C4)C3)c(=O)n(C)c1=O. The van der Waals surface area contributed by atoms with Crippen LogP contribution in [0.1, 0.15) is 54.4 Å². The summed E-state index contributed by atoms with van der Waals surface area (Å²) in [5, 5.41) is 0. The largest absolute Gasteiger partial charge is 0.384 e. The zero-order valence-corrected chi connectivity index (χ0v) is 17.0. The highest BCUT2D eigenvalue weighted by molar-refractivity contribution is 6.04. The minimum Gasteiger partial charge on any atom is -0.384 e. The van der Waals surface area contributed by atoms with E-state index < -0.39 is 16.7 Å². The molecule has 4 aliphatic rings. The lowest BCUT2D eigenvalue weighted by Gasteiger charge is -2.61. The molecule has 0 saturated heterocycles. The molecule has 152 valence electrons. The first kappa shape index (κ1) is 18.4. The van der Waals surface area contributed by atoms with Crippen LogP contribution < -0.4 is 17.0 Å². The number of carbonyl (C=O) groups excluding carboxylic acids is 1. The Morgan fingerprint density at radius 2 is 1.62 bits per heavy atom. The summed E-state index contributed by atoms with van der Waals surface area (Å²) >= 11 is 0. The van der Waals surface area contributed by atoms with Gasteiger partial charge in [-0.25, -0.2) is 4.79 Å². The molecule has 4 bridgehead atoms. The summed E-state index contributed by atoms with van der Waals surface area (Å²) in [4.78, 5) is 39.0. The zero-order valence-electron chi connectivity index (χ0n) is 17.0. The first-order chi connectivity index (χ1) is 13.8. The average molecular weight is 393 g/mol. The predicted octanol–water partition coefficient (Wildman–Crippen LogP) is 2.39. The Balaban J connectivity index is 1.65. The Kier molecular flexibility index (Phi) is 3.77. The van der Waals surface area contributed by atoms with E-state index in [1.165, 1.54) is 30.6 Å². The van der Waals surface area contributed by atoms with Crippen LogP contribution in [0, 0.1) is 17.3 Å². The van der Waals surface area contributed by atoms with Gasteiger partial charge in [0.25, 0.3) is 5.56 Å². The number of rotatable bonds is 3. The van der Waals surface area contributed by atoms with Gasteiger partial charge in [-0.05, 0) is 61.3 Å². The van der Waals surface area contributed by atoms with Crippen LogP contribution in [0.5, 0.6) is 0 Å². The number of ketones is 1. The number of aromatic nitrogens is 2. The maximum Gasteiger partial charge on any atom is 0.332 e. The van der Waals surface area contributed by atoms with Crippen LogP contribution in [0.2, 0.25) is 0 Å². The Hall–Kier alpha value is -2.63. The lowest BCUT2D eigenvalue weighted by atomic mass is 9.42. The van der Waals surface area contributed by atoms with Crippen molar-refractivity contribution in [2.75, 3.05) is 5.73 Å². The van der Waals surface area contributed by atoms with Crippen molar-refractivity contribution in [3.05, 3.63) is 62.3 Å². The molecule has 0 spiro atoms. The molecule has 0 aliphatic heterocycles. The lowest BCUT2D eigenvalue weighted by molar-refractivity contribution is -0.0536. The fraction of sp³-hybridized carbons (Fsp3) is 0.522. The van der Waals surface area contributed by atoms with Gasteiger partial charge in [-0.2, -0.15) is 0 Å². The normalized spacial score (nSPS) is 32.5. The molecule has 2 aromatic rings. The molecule has 4 fully saturated rings. The molecule has 6 heteroatoms. The van der Waals surface area contributed by atoms with Gasteiger partial charge in [0.05, 0.1) is 0 Å². The van der Waals surface area contributed by atoms with Crippen molar-refractivity contribution in [3.63, 3.8) is 0 Å². The van der Waals surface area contributed by atoms with Crippen molar-refractivity contribution < 1.29 is 4.79 Å². The summed E-state index contributed by atoms with van der Waals surface area (Å²) in [7, 11) is 2.92. The molecule has 6 rings (SSSR count). The second-order valence-electron chi connectivity index (χ2n) is 9.68. The van der Waals surface area contributed by atoms with Crippen LogP contribution in [0.4, 0.5) is 5.82 Å². The summed E-state index contributed by atoms with van der Waals surface area (Å²) in [6.07, 6.45) is 5.81. The molecule has 1 aromatic heterocycles. The molecule has 2 unspecified atom stereocenters. The second kappa shape index (κ2) is 5.94. The number of nitrogens with two attached hydrogens (primary N) is 1. The number of benzene rings is 1. The second-order valence-corrected chi connectivity index (χ2v) is 9.68. The van der Waals surface area contributed by atoms with Gasteiger partial charge >= 0.3 is 5.69 Å². The molecular formula is C23H27N3O3. The van der Waals surface area contributed by atoms with Gasteiger partial charge in [-0.15, -0.1) is 0 Å². The molecule has 6 nitrogen and oxygen atoms in total. The van der Waals surface area contributed by atoms with Crippen molar-refractivity contribution in [2.24, 2.45) is 31.3 Å². The Morgan fingerprint density at radius 1 is 1.00 bits per heavy atom. The maximum atomic E-state index is 13.9. The van der Waals surface area contributed by atoms with Crippen molar-refractivity contribution in [3.8, 4) is 0 Å². The van der Waals surface area contributed by atoms with Crippen LogP contribution in [0.15, 0.2) is 39.9 Å². The van der Waals surface area contributed by atoms with Crippen LogP contribution in [-0.4, -0.2) is 14.9 Å². The van der Waals surface area contributed by atoms with Gasteiger partial charge < -0.3 is 5.73 Å². The van der Waals surface area contributed by atoms with E-state index in [2.05, 4.69) is 24.3 Å². The third-order valence-corrected chi connectivity index (χ3v) is 7.87. The van der Waals surface area contributed by atoms with Crippen LogP contribution >= 0.6 is 0 Å². The summed E-state index contributed by atoms with van der Waals surface area (Å²) in [6.45, 7) is 0. The molecule has 4 saturated carbocycles. The van der Waals surface area contributed by atoms with Crippen molar-refractivity contribution in [1.29, 1.82) is 0 Å². The molecule has 2 N–H and O–H groups in total. The molecule has 1 aromatic carbocycles. The van der Waals surface area contributed by atoms with E-state index in [1.54, 1.807) is 0 Å². The number of Topliss-reactive ketones (excluding diaryl/α,β-unsaturated/α-hetero) is 1. The number of hydrogen-bond acceptors (Lipinski definition) is 4. The highest BCUT2D eigenvalue weighted by atomic mass is 16.2. The van der Waals surface area contributed by atoms with E-state index in [1.807, 2.05) is 6.07 Å². The van der Waals surface area contributed by atoms with E-state index in [4.69, 9.17) is 5.73 Å². The topological polar surface area (TPSA) is 87.1 Å². The van der Waals surface area contributed by atoms with Gasteiger partial charge in [0, 0.05) is 19.5 Å². The first-order valence-electron chi connectivity index (χ1n) is 10.4. The van der Waals surface area contributed by atoms with Gasteiger partial charge in [-0.1, -0.05) is 30.3 Å². The van der Waals surface area contributed by atoms with Gasteiger partial charge in [0.15, 0.2) is 5.78 Å². The number of anilines is 1. The van der Waals surface area contributed by atoms with E-state index in [0.717, 1.165) is 36.7 Å². The summed E-state index contributed by atoms with van der Waals surface area (Å²) < 4.78 is 2.21. The molecule has 1 heterocycles. The summed E-state index contributed by atoms with van der Waals surface area (Å²) in [6, 6.07) is 10.5. The molecule has 29 heavy (non-hydrogen) atoms. The lowest BCUT2D eigenvalue weighted by Crippen LogP contribution is -2.57. The minimum atomic E-state index is -0.569. The summed E-state index contributed by atoms with van der Waals surface area (Å²) in [5.41, 5.74) is 5.83. The number of hydrogen-bond donors (Lipinski definition) is 1. The van der Waals surface area contributed by atoms with Crippen LogP contribution in [0.25, 0.3) is 0 Å². The third-order valence-electron chi connectivity index (χ3n) is 7.87. The Labute approximate surface area is 169 Å². The summed E-state index contributed by atoms with van der Waals surface area (Å²) in [5.74, 6) is 0.837. The molecule has 4 atom stereocenters. The fourth-order valence-electron chi connectivity index (χ4n) is 7.00. The van der Waals surface area contributed by atoms with Crippen molar-refractivity contribution in [2.45, 2.75) is 43.9 Å². The predicted molar refractivity (Wildman–Crippen MR) is 111 cm³/mol. The monoisotopic (exact) mass is 393 g/mol. The fourth-order valence-corrected chi connectivity index (χ4v) is 7.00. The first-order valence-corrected chi connectivity index (χ1v) is 10.4.